The number of amides is 2. The number of likely N-dealkylation sites (tertiary alicyclic amines) is 1. The van der Waals surface area contributed by atoms with Crippen molar-refractivity contribution in [3.8, 4) is 6.07 Å². The first kappa shape index (κ1) is 27.9. The summed E-state index contributed by atoms with van der Waals surface area (Å²) in [6.45, 7) is 8.63. The molecule has 0 aliphatic carbocycles. The van der Waals surface area contributed by atoms with E-state index < -0.39 is 14.4 Å². The molecule has 1 saturated heterocycles. The highest BCUT2D eigenvalue weighted by Crippen LogP contribution is 2.39. The average molecular weight is 548 g/mol. The predicted octanol–water partition coefficient (Wildman–Crippen LogP) is 5.06. The van der Waals surface area contributed by atoms with Gasteiger partial charge >= 0.3 is 6.03 Å². The van der Waals surface area contributed by atoms with Crippen LogP contribution in [0.15, 0.2) is 72.8 Å². The van der Waals surface area contributed by atoms with Crippen LogP contribution in [-0.4, -0.2) is 49.7 Å². The van der Waals surface area contributed by atoms with Crippen molar-refractivity contribution in [1.29, 1.82) is 5.26 Å². The normalized spacial score (nSPS) is 17.8. The number of aliphatic hydroxyl groups is 1. The van der Waals surface area contributed by atoms with Gasteiger partial charge in [0.15, 0.2) is 0 Å². The van der Waals surface area contributed by atoms with Crippen molar-refractivity contribution in [1.82, 2.24) is 4.90 Å². The topological polar surface area (TPSA) is 85.6 Å². The van der Waals surface area contributed by atoms with E-state index in [1.807, 2.05) is 36.4 Å². The molecule has 38 heavy (non-hydrogen) atoms. The summed E-state index contributed by atoms with van der Waals surface area (Å²) in [6, 6.07) is 25.2. The molecule has 1 aliphatic rings. The summed E-state index contributed by atoms with van der Waals surface area (Å²) in [4.78, 5) is 15.0. The van der Waals surface area contributed by atoms with Gasteiger partial charge in [-0.25, -0.2) is 4.79 Å². The number of hydrogen-bond donors (Lipinski definition) is 2. The number of halogens is 1. The van der Waals surface area contributed by atoms with Crippen LogP contribution < -0.4 is 15.7 Å². The number of nitriles is 1. The van der Waals surface area contributed by atoms with Crippen molar-refractivity contribution < 1.29 is 14.3 Å². The maximum absolute atomic E-state index is 13.4. The number of carbonyl (C=O) groups excluding carboxylic acids is 1. The zero-order valence-electron chi connectivity index (χ0n) is 22.2. The minimum Gasteiger partial charge on any atom is -0.402 e. The number of benzene rings is 3. The molecule has 0 bridgehead atoms. The van der Waals surface area contributed by atoms with Gasteiger partial charge in [-0.3, -0.25) is 0 Å². The number of nitrogens with zero attached hydrogens (tertiary/aromatic N) is 2. The largest absolute Gasteiger partial charge is 0.402 e. The van der Waals surface area contributed by atoms with Crippen LogP contribution in [0.5, 0.6) is 0 Å². The summed E-state index contributed by atoms with van der Waals surface area (Å²) < 4.78 is 7.24. The number of urea groups is 1. The Bertz CT molecular complexity index is 1280. The maximum atomic E-state index is 13.4. The van der Waals surface area contributed by atoms with Crippen LogP contribution in [-0.2, 0) is 4.43 Å². The summed E-state index contributed by atoms with van der Waals surface area (Å²) in [7, 11) is -2.86. The van der Waals surface area contributed by atoms with E-state index >= 15 is 0 Å². The minimum atomic E-state index is -2.86. The molecule has 4 rings (SSSR count). The molecule has 8 heteroatoms. The van der Waals surface area contributed by atoms with E-state index in [-0.39, 0.29) is 23.8 Å². The molecule has 3 aromatic rings. The molecule has 1 fully saturated rings. The van der Waals surface area contributed by atoms with Gasteiger partial charge in [-0.1, -0.05) is 93.0 Å². The third-order valence-electron chi connectivity index (χ3n) is 7.43. The monoisotopic (exact) mass is 547 g/mol. The molecule has 0 spiro atoms. The molecule has 0 unspecified atom stereocenters. The highest BCUT2D eigenvalue weighted by molar-refractivity contribution is 6.99. The second-order valence-corrected chi connectivity index (χ2v) is 15.3. The molecule has 0 saturated carbocycles. The summed E-state index contributed by atoms with van der Waals surface area (Å²) >= 11 is 6.31. The van der Waals surface area contributed by atoms with Crippen LogP contribution in [0.25, 0.3) is 0 Å². The Balaban J connectivity index is 1.67. The SMILES string of the molecule is Cc1c(NC(=O)N2CC[C@@H](O[Si](c3ccccc3)(c3ccccc3)C(C)(C)C)[C@H]2CO)ccc(C#N)c1Cl. The number of rotatable bonds is 6. The van der Waals surface area contributed by atoms with Crippen molar-refractivity contribution in [3.63, 3.8) is 0 Å². The van der Waals surface area contributed by atoms with Crippen LogP contribution in [0.1, 0.15) is 38.3 Å². The van der Waals surface area contributed by atoms with Gasteiger partial charge < -0.3 is 19.7 Å². The first-order valence-electron chi connectivity index (χ1n) is 12.8. The molecule has 2 amide bonds. The Morgan fingerprint density at radius 3 is 2.18 bits per heavy atom. The van der Waals surface area contributed by atoms with Crippen LogP contribution >= 0.6 is 11.6 Å². The quantitative estimate of drug-likeness (QED) is 0.422. The van der Waals surface area contributed by atoms with Gasteiger partial charge in [-0.2, -0.15) is 5.26 Å². The smallest absolute Gasteiger partial charge is 0.322 e. The Morgan fingerprint density at radius 2 is 1.68 bits per heavy atom. The lowest BCUT2D eigenvalue weighted by Gasteiger charge is -2.45. The fourth-order valence-corrected chi connectivity index (χ4v) is 10.4. The minimum absolute atomic E-state index is 0.219. The number of aliphatic hydroxyl groups excluding tert-OH is 1. The summed E-state index contributed by atoms with van der Waals surface area (Å²) in [5.74, 6) is 0. The van der Waals surface area contributed by atoms with Gasteiger partial charge in [0.2, 0.25) is 0 Å². The summed E-state index contributed by atoms with van der Waals surface area (Å²) in [5, 5.41) is 25.0. The van der Waals surface area contributed by atoms with E-state index in [1.165, 1.54) is 0 Å². The second kappa shape index (κ2) is 11.3. The van der Waals surface area contributed by atoms with Gasteiger partial charge in [0, 0.05) is 12.2 Å². The number of carbonyl (C=O) groups is 1. The zero-order valence-corrected chi connectivity index (χ0v) is 24.0. The van der Waals surface area contributed by atoms with Crippen molar-refractivity contribution in [2.24, 2.45) is 0 Å². The summed E-state index contributed by atoms with van der Waals surface area (Å²) in [6.07, 6.45) is 0.263. The van der Waals surface area contributed by atoms with Crippen LogP contribution in [0, 0.1) is 18.3 Å². The fourth-order valence-electron chi connectivity index (χ4n) is 5.44. The lowest BCUT2D eigenvalue weighted by atomic mass is 10.1. The van der Waals surface area contributed by atoms with E-state index in [0.29, 0.717) is 34.8 Å². The Kier molecular flexibility index (Phi) is 8.29. The van der Waals surface area contributed by atoms with Gasteiger partial charge in [0.1, 0.15) is 6.07 Å². The third kappa shape index (κ3) is 5.10. The van der Waals surface area contributed by atoms with Gasteiger partial charge in [-0.05, 0) is 46.5 Å². The van der Waals surface area contributed by atoms with Crippen LogP contribution in [0.3, 0.4) is 0 Å². The summed E-state index contributed by atoms with van der Waals surface area (Å²) in [5.41, 5.74) is 1.52. The highest BCUT2D eigenvalue weighted by Gasteiger charge is 2.53. The number of hydrogen-bond acceptors (Lipinski definition) is 4. The Hall–Kier alpha value is -3.15. The standard InChI is InChI=1S/C30H34ClN3O3Si/c1-21-25(16-15-22(19-32)28(21)31)33-29(36)34-18-17-27(26(34)20-35)37-38(30(2,3)4,23-11-7-5-8-12-23)24-13-9-6-10-14-24/h5-16,26-27,35H,17-18,20H2,1-4H3,(H,33,36)/t26-,27-/m1/s1. The second-order valence-electron chi connectivity index (χ2n) is 10.7. The molecule has 0 radical (unpaired) electrons. The van der Waals surface area contributed by atoms with Crippen molar-refractivity contribution >= 4 is 42.0 Å². The van der Waals surface area contributed by atoms with Gasteiger partial charge in [0.05, 0.1) is 29.3 Å². The van der Waals surface area contributed by atoms with Crippen LogP contribution in [0.2, 0.25) is 10.1 Å². The third-order valence-corrected chi connectivity index (χ3v) is 13.0. The van der Waals surface area contributed by atoms with Crippen LogP contribution in [0.4, 0.5) is 10.5 Å². The van der Waals surface area contributed by atoms with E-state index in [1.54, 1.807) is 24.0 Å². The van der Waals surface area contributed by atoms with Crippen molar-refractivity contribution in [2.75, 3.05) is 18.5 Å². The number of nitrogens with one attached hydrogen (secondary N) is 1. The molecule has 0 aromatic heterocycles. The Morgan fingerprint density at radius 1 is 1.11 bits per heavy atom. The molecule has 1 aliphatic heterocycles. The van der Waals surface area contributed by atoms with Gasteiger partial charge in [-0.15, -0.1) is 0 Å². The van der Waals surface area contributed by atoms with Crippen molar-refractivity contribution in [2.45, 2.75) is 51.3 Å². The molecule has 1 heterocycles. The highest BCUT2D eigenvalue weighted by atomic mass is 35.5. The zero-order chi connectivity index (χ0) is 27.5. The Labute approximate surface area is 230 Å². The van der Waals surface area contributed by atoms with Crippen molar-refractivity contribution in [3.05, 3.63) is 88.9 Å². The first-order valence-corrected chi connectivity index (χ1v) is 15.1. The van der Waals surface area contributed by atoms with E-state index in [9.17, 15) is 15.2 Å². The number of anilines is 1. The lowest BCUT2D eigenvalue weighted by molar-refractivity contribution is 0.0935. The molecular formula is C30H34ClN3O3Si. The fraction of sp³-hybridized carbons (Fsp3) is 0.333. The van der Waals surface area contributed by atoms with E-state index in [4.69, 9.17) is 16.0 Å². The molecule has 3 aromatic carbocycles. The molecule has 6 nitrogen and oxygen atoms in total. The average Bonchev–Trinajstić information content (AvgIpc) is 3.33. The molecule has 198 valence electrons. The first-order chi connectivity index (χ1) is 18.1. The van der Waals surface area contributed by atoms with E-state index in [0.717, 1.165) is 10.4 Å². The molecule has 2 atom stereocenters. The van der Waals surface area contributed by atoms with Gasteiger partial charge in [0.25, 0.3) is 8.32 Å². The predicted molar refractivity (Wildman–Crippen MR) is 155 cm³/mol. The maximum Gasteiger partial charge on any atom is 0.322 e. The molecular weight excluding hydrogens is 514 g/mol. The van der Waals surface area contributed by atoms with E-state index in [2.05, 4.69) is 56.4 Å². The molecule has 2 N–H and O–H groups in total. The lowest BCUT2D eigenvalue weighted by Crippen LogP contribution is -2.68.